The lowest BCUT2D eigenvalue weighted by Crippen LogP contribution is -2.14. The van der Waals surface area contributed by atoms with E-state index >= 15 is 0 Å². The van der Waals surface area contributed by atoms with Gasteiger partial charge < -0.3 is 28.5 Å². The lowest BCUT2D eigenvalue weighted by Gasteiger charge is -2.21. The summed E-state index contributed by atoms with van der Waals surface area (Å²) in [4.78, 5) is 24.9. The molecule has 1 atom stereocenters. The molecule has 0 fully saturated rings. The highest BCUT2D eigenvalue weighted by molar-refractivity contribution is 5.78. The van der Waals surface area contributed by atoms with Gasteiger partial charge in [0, 0.05) is 11.6 Å². The maximum absolute atomic E-state index is 12.7. The molecule has 0 aliphatic heterocycles. The van der Waals surface area contributed by atoms with E-state index < -0.39 is 23.1 Å². The zero-order chi connectivity index (χ0) is 21.8. The lowest BCUT2D eigenvalue weighted by molar-refractivity contribution is -0.140. The molecule has 3 rings (SSSR count). The van der Waals surface area contributed by atoms with Gasteiger partial charge in [-0.25, -0.2) is 0 Å². The third-order valence-electron chi connectivity index (χ3n) is 4.83. The standard InChI is InChI=1S/C22H22O8/c1-26-16-11-18(28-3)17(27-2)9-13(16)14(10-19(23)29-4)22-21(25)20(24)12-7-5-6-8-15(12)30-22/h5-9,11,14,25H,10H2,1-4H3/t14-/m0/s1. The van der Waals surface area contributed by atoms with Crippen LogP contribution in [0.4, 0.5) is 0 Å². The number of methoxy groups -OCH3 is 4. The molecule has 1 aromatic heterocycles. The molecule has 1 N–H and O–H groups in total. The summed E-state index contributed by atoms with van der Waals surface area (Å²) >= 11 is 0. The summed E-state index contributed by atoms with van der Waals surface area (Å²) < 4.78 is 26.8. The second kappa shape index (κ2) is 8.77. The molecule has 0 aliphatic carbocycles. The lowest BCUT2D eigenvalue weighted by atomic mass is 9.90. The average Bonchev–Trinajstić information content (AvgIpc) is 2.78. The topological polar surface area (TPSA) is 104 Å². The van der Waals surface area contributed by atoms with Crippen molar-refractivity contribution in [1.29, 1.82) is 0 Å². The van der Waals surface area contributed by atoms with Crippen LogP contribution in [0.15, 0.2) is 45.6 Å². The van der Waals surface area contributed by atoms with E-state index in [2.05, 4.69) is 0 Å². The Hall–Kier alpha value is -3.68. The van der Waals surface area contributed by atoms with Crippen LogP contribution in [0.2, 0.25) is 0 Å². The van der Waals surface area contributed by atoms with Crippen molar-refractivity contribution in [2.45, 2.75) is 12.3 Å². The fourth-order valence-corrected chi connectivity index (χ4v) is 3.30. The minimum atomic E-state index is -0.885. The quantitative estimate of drug-likeness (QED) is 0.588. The third-order valence-corrected chi connectivity index (χ3v) is 4.83. The number of esters is 1. The Balaban J connectivity index is 2.30. The van der Waals surface area contributed by atoms with Crippen LogP contribution in [0.5, 0.6) is 23.0 Å². The number of rotatable bonds is 7. The van der Waals surface area contributed by atoms with Crippen LogP contribution in [0.25, 0.3) is 11.0 Å². The molecule has 1 heterocycles. The Morgan fingerprint density at radius 3 is 2.27 bits per heavy atom. The summed E-state index contributed by atoms with van der Waals surface area (Å²) in [5.74, 6) is -0.952. The average molecular weight is 414 g/mol. The number of carbonyl (C=O) groups is 1. The van der Waals surface area contributed by atoms with Crippen LogP contribution >= 0.6 is 0 Å². The van der Waals surface area contributed by atoms with E-state index in [9.17, 15) is 14.7 Å². The highest BCUT2D eigenvalue weighted by Gasteiger charge is 2.30. The van der Waals surface area contributed by atoms with Crippen molar-refractivity contribution in [3.63, 3.8) is 0 Å². The first kappa shape index (κ1) is 21.0. The molecule has 158 valence electrons. The summed E-state index contributed by atoms with van der Waals surface area (Å²) in [6.45, 7) is 0. The normalized spacial score (nSPS) is 11.7. The van der Waals surface area contributed by atoms with E-state index in [0.29, 0.717) is 22.8 Å². The van der Waals surface area contributed by atoms with Crippen LogP contribution in [0.1, 0.15) is 23.7 Å². The molecule has 0 unspecified atom stereocenters. The predicted octanol–water partition coefficient (Wildman–Crippen LogP) is 3.22. The van der Waals surface area contributed by atoms with Gasteiger partial charge in [0.25, 0.3) is 0 Å². The molecule has 0 saturated carbocycles. The minimum absolute atomic E-state index is 0.0744. The van der Waals surface area contributed by atoms with Gasteiger partial charge in [0.2, 0.25) is 11.2 Å². The minimum Gasteiger partial charge on any atom is -0.502 e. The zero-order valence-electron chi connectivity index (χ0n) is 17.1. The zero-order valence-corrected chi connectivity index (χ0v) is 17.1. The van der Waals surface area contributed by atoms with Gasteiger partial charge in [-0.15, -0.1) is 0 Å². The van der Waals surface area contributed by atoms with Gasteiger partial charge in [-0.2, -0.15) is 0 Å². The Morgan fingerprint density at radius 2 is 1.63 bits per heavy atom. The van der Waals surface area contributed by atoms with Gasteiger partial charge in [0.15, 0.2) is 17.3 Å². The van der Waals surface area contributed by atoms with Crippen molar-refractivity contribution in [3.05, 3.63) is 57.9 Å². The Labute approximate surface area is 172 Å². The summed E-state index contributed by atoms with van der Waals surface area (Å²) in [7, 11) is 5.66. The maximum atomic E-state index is 12.7. The van der Waals surface area contributed by atoms with Gasteiger partial charge in [-0.3, -0.25) is 9.59 Å². The number of carbonyl (C=O) groups excluding carboxylic acids is 1. The largest absolute Gasteiger partial charge is 0.502 e. The molecule has 2 aromatic carbocycles. The van der Waals surface area contributed by atoms with Gasteiger partial charge >= 0.3 is 5.97 Å². The van der Waals surface area contributed by atoms with E-state index in [1.54, 1.807) is 36.4 Å². The van der Waals surface area contributed by atoms with Crippen molar-refractivity contribution in [1.82, 2.24) is 0 Å². The number of aromatic hydroxyl groups is 1. The van der Waals surface area contributed by atoms with Crippen molar-refractivity contribution in [2.24, 2.45) is 0 Å². The SMILES string of the molecule is COC(=O)C[C@@H](c1cc(OC)c(OC)cc1OC)c1oc2ccccc2c(=O)c1O. The van der Waals surface area contributed by atoms with Crippen LogP contribution in [-0.2, 0) is 9.53 Å². The van der Waals surface area contributed by atoms with E-state index in [1.807, 2.05) is 0 Å². The fourth-order valence-electron chi connectivity index (χ4n) is 3.30. The number of para-hydroxylation sites is 1. The molecule has 30 heavy (non-hydrogen) atoms. The molecule has 0 amide bonds. The molecule has 0 radical (unpaired) electrons. The monoisotopic (exact) mass is 414 g/mol. The molecular formula is C22H22O8. The number of ether oxygens (including phenoxy) is 4. The van der Waals surface area contributed by atoms with E-state index in [-0.39, 0.29) is 23.2 Å². The molecule has 8 nitrogen and oxygen atoms in total. The first-order chi connectivity index (χ1) is 14.4. The first-order valence-corrected chi connectivity index (χ1v) is 9.06. The highest BCUT2D eigenvalue weighted by atomic mass is 16.5. The van der Waals surface area contributed by atoms with Crippen molar-refractivity contribution < 1.29 is 33.3 Å². The van der Waals surface area contributed by atoms with Crippen LogP contribution in [0.3, 0.4) is 0 Å². The smallest absolute Gasteiger partial charge is 0.306 e. The molecule has 8 heteroatoms. The van der Waals surface area contributed by atoms with Crippen molar-refractivity contribution >= 4 is 16.9 Å². The van der Waals surface area contributed by atoms with E-state index in [0.717, 1.165) is 0 Å². The number of hydrogen-bond acceptors (Lipinski definition) is 8. The number of benzene rings is 2. The maximum Gasteiger partial charge on any atom is 0.306 e. The van der Waals surface area contributed by atoms with Crippen LogP contribution < -0.4 is 19.6 Å². The van der Waals surface area contributed by atoms with Gasteiger partial charge in [0.05, 0.1) is 46.2 Å². The highest BCUT2D eigenvalue weighted by Crippen LogP contribution is 2.43. The number of fused-ring (bicyclic) bond motifs is 1. The van der Waals surface area contributed by atoms with Gasteiger partial charge in [0.1, 0.15) is 11.3 Å². The summed E-state index contributed by atoms with van der Waals surface area (Å²) in [5, 5.41) is 10.9. The predicted molar refractivity (Wildman–Crippen MR) is 109 cm³/mol. The number of hydrogen-bond donors (Lipinski definition) is 1. The molecule has 0 bridgehead atoms. The summed E-state index contributed by atoms with van der Waals surface area (Å²) in [6.07, 6.45) is -0.211. The second-order valence-electron chi connectivity index (χ2n) is 6.42. The van der Waals surface area contributed by atoms with E-state index in [4.69, 9.17) is 23.4 Å². The fraction of sp³-hybridized carbons (Fsp3) is 0.273. The summed E-state index contributed by atoms with van der Waals surface area (Å²) in [6, 6.07) is 9.74. The Morgan fingerprint density at radius 1 is 1.00 bits per heavy atom. The molecule has 0 saturated heterocycles. The molecule has 3 aromatic rings. The second-order valence-corrected chi connectivity index (χ2v) is 6.42. The third kappa shape index (κ3) is 3.76. The first-order valence-electron chi connectivity index (χ1n) is 9.06. The van der Waals surface area contributed by atoms with Gasteiger partial charge in [-0.1, -0.05) is 12.1 Å². The van der Waals surface area contributed by atoms with Crippen LogP contribution in [0, 0.1) is 0 Å². The molecule has 0 aliphatic rings. The van der Waals surface area contributed by atoms with Crippen LogP contribution in [-0.4, -0.2) is 39.5 Å². The van der Waals surface area contributed by atoms with Gasteiger partial charge in [-0.05, 0) is 18.2 Å². The molecular weight excluding hydrogens is 392 g/mol. The van der Waals surface area contributed by atoms with E-state index in [1.165, 1.54) is 28.4 Å². The Kier molecular flexibility index (Phi) is 6.15. The molecule has 0 spiro atoms. The van der Waals surface area contributed by atoms with Crippen molar-refractivity contribution in [3.8, 4) is 23.0 Å². The van der Waals surface area contributed by atoms with Crippen molar-refractivity contribution in [2.75, 3.05) is 28.4 Å². The summed E-state index contributed by atoms with van der Waals surface area (Å²) in [5.41, 5.74) is 0.139. The Bertz CT molecular complexity index is 1130.